The molecule has 2 aromatic heterocycles. The number of aromatic nitrogens is 2. The Balaban J connectivity index is 1.13. The first-order valence-electron chi connectivity index (χ1n) is 26.6. The molecule has 0 spiro atoms. The van der Waals surface area contributed by atoms with Crippen LogP contribution in [0.25, 0.3) is 139 Å². The normalized spacial score (nSPS) is 12.3. The zero-order valence-electron chi connectivity index (χ0n) is 41.9. The first-order chi connectivity index (χ1) is 37.7. The van der Waals surface area contributed by atoms with Crippen LogP contribution < -0.4 is 0 Å². The van der Waals surface area contributed by atoms with Crippen molar-refractivity contribution in [1.29, 1.82) is 0 Å². The second-order valence-electron chi connectivity index (χ2n) is 20.2. The van der Waals surface area contributed by atoms with Gasteiger partial charge >= 0.3 is 0 Å². The zero-order chi connectivity index (χ0) is 50.1. The summed E-state index contributed by atoms with van der Waals surface area (Å²) in [5.74, 6) is 0. The van der Waals surface area contributed by atoms with Gasteiger partial charge in [0.2, 0.25) is 0 Å². The molecule has 1 aliphatic carbocycles. The Morgan fingerprint density at radius 3 is 1.16 bits per heavy atom. The fourth-order valence-electron chi connectivity index (χ4n) is 12.6. The van der Waals surface area contributed by atoms with Gasteiger partial charge in [-0.2, -0.15) is 0 Å². The average molecular weight is 967 g/mol. The minimum absolute atomic E-state index is 0.998. The van der Waals surface area contributed by atoms with Gasteiger partial charge in [-0.25, -0.2) is 0 Å². The summed E-state index contributed by atoms with van der Waals surface area (Å²) in [5, 5.41) is 12.3. The Hall–Kier alpha value is -9.76. The van der Waals surface area contributed by atoms with Crippen molar-refractivity contribution in [2.24, 2.45) is 0 Å². The lowest BCUT2D eigenvalue weighted by Gasteiger charge is -2.24. The van der Waals surface area contributed by atoms with Crippen molar-refractivity contribution in [3.05, 3.63) is 284 Å². The number of nitrogens with zero attached hydrogens (tertiary/aromatic N) is 2. The van der Waals surface area contributed by atoms with Crippen LogP contribution in [0.15, 0.2) is 273 Å². The van der Waals surface area contributed by atoms with E-state index in [1.807, 2.05) is 0 Å². The molecule has 0 bridgehead atoms. The number of hydrogen-bond acceptors (Lipinski definition) is 0. The molecule has 0 N–H and O–H groups in total. The van der Waals surface area contributed by atoms with Gasteiger partial charge in [0.15, 0.2) is 0 Å². The fourth-order valence-corrected chi connectivity index (χ4v) is 12.6. The van der Waals surface area contributed by atoms with Gasteiger partial charge in [-0.1, -0.05) is 218 Å². The highest BCUT2D eigenvalue weighted by molar-refractivity contribution is 6.28. The largest absolute Gasteiger partial charge is 0.309 e. The van der Waals surface area contributed by atoms with Crippen LogP contribution in [-0.2, 0) is 6.42 Å². The monoisotopic (exact) mass is 966 g/mol. The van der Waals surface area contributed by atoms with Gasteiger partial charge in [0, 0.05) is 11.4 Å². The molecular formula is C74H50N2. The van der Waals surface area contributed by atoms with Gasteiger partial charge in [-0.3, -0.25) is 0 Å². The van der Waals surface area contributed by atoms with Crippen LogP contribution >= 0.6 is 0 Å². The number of hydrogen-bond donors (Lipinski definition) is 0. The van der Waals surface area contributed by atoms with Crippen molar-refractivity contribution in [1.82, 2.24) is 9.13 Å². The van der Waals surface area contributed by atoms with E-state index in [-0.39, 0.29) is 0 Å². The molecule has 0 unspecified atom stereocenters. The molecule has 0 radical (unpaired) electrons. The third-order valence-electron chi connectivity index (χ3n) is 16.0. The van der Waals surface area contributed by atoms with Gasteiger partial charge < -0.3 is 9.13 Å². The van der Waals surface area contributed by atoms with Crippen molar-refractivity contribution in [3.8, 4) is 78.7 Å². The number of rotatable bonds is 8. The molecule has 0 saturated carbocycles. The SMILES string of the molecule is C1=Cc2c(cc(-c3c4cc(-n5c(-c6ccccc6)ccc5-c5ccccc5)ccc4c(-c4cc5ccccc5c5ccccc45)c4cc(-n5c(-c6ccccc6)ccc5-c5ccccc5)ccc34)c3ccccc23)CC1. The predicted octanol–water partition coefficient (Wildman–Crippen LogP) is 20.0. The number of benzene rings is 12. The average Bonchev–Trinajstić information content (AvgIpc) is 4.24. The zero-order valence-corrected chi connectivity index (χ0v) is 41.9. The molecule has 12 aromatic carbocycles. The van der Waals surface area contributed by atoms with Crippen LogP contribution in [0.1, 0.15) is 17.5 Å². The fraction of sp³-hybridized carbons (Fsp3) is 0.0270. The second-order valence-corrected chi connectivity index (χ2v) is 20.2. The summed E-state index contributed by atoms with van der Waals surface area (Å²) >= 11 is 0. The van der Waals surface area contributed by atoms with Crippen molar-refractivity contribution < 1.29 is 0 Å². The molecule has 0 aliphatic heterocycles. The van der Waals surface area contributed by atoms with Crippen LogP contribution in [0.3, 0.4) is 0 Å². The molecule has 2 heteroatoms. The molecule has 2 nitrogen and oxygen atoms in total. The maximum absolute atomic E-state index is 2.54. The molecule has 1 aliphatic rings. The smallest absolute Gasteiger partial charge is 0.0535 e. The van der Waals surface area contributed by atoms with Gasteiger partial charge in [-0.05, 0) is 183 Å². The van der Waals surface area contributed by atoms with Crippen molar-refractivity contribution >= 4 is 59.9 Å². The van der Waals surface area contributed by atoms with E-state index >= 15 is 0 Å². The van der Waals surface area contributed by atoms with Gasteiger partial charge in [-0.15, -0.1) is 0 Å². The van der Waals surface area contributed by atoms with E-state index in [1.54, 1.807) is 0 Å². The van der Waals surface area contributed by atoms with Gasteiger partial charge in [0.05, 0.1) is 22.8 Å². The van der Waals surface area contributed by atoms with Crippen LogP contribution in [0.4, 0.5) is 0 Å². The first kappa shape index (κ1) is 43.8. The van der Waals surface area contributed by atoms with Crippen LogP contribution in [-0.4, -0.2) is 9.13 Å². The highest BCUT2D eigenvalue weighted by atomic mass is 15.0. The molecule has 2 heterocycles. The second kappa shape index (κ2) is 18.0. The van der Waals surface area contributed by atoms with E-state index in [4.69, 9.17) is 0 Å². The van der Waals surface area contributed by atoms with Crippen LogP contribution in [0, 0.1) is 0 Å². The molecular weight excluding hydrogens is 917 g/mol. The molecule has 0 fully saturated rings. The van der Waals surface area contributed by atoms with E-state index in [9.17, 15) is 0 Å². The minimum atomic E-state index is 0.998. The molecule has 0 amide bonds. The van der Waals surface area contributed by atoms with E-state index in [0.717, 1.165) is 47.0 Å². The van der Waals surface area contributed by atoms with Gasteiger partial charge in [0.25, 0.3) is 0 Å². The summed E-state index contributed by atoms with van der Waals surface area (Å²) in [4.78, 5) is 0. The van der Waals surface area contributed by atoms with Crippen molar-refractivity contribution in [3.63, 3.8) is 0 Å². The van der Waals surface area contributed by atoms with E-state index in [2.05, 4.69) is 288 Å². The Morgan fingerprint density at radius 2 is 0.671 bits per heavy atom. The highest BCUT2D eigenvalue weighted by Crippen LogP contribution is 2.51. The third-order valence-corrected chi connectivity index (χ3v) is 16.0. The van der Waals surface area contributed by atoms with Crippen molar-refractivity contribution in [2.45, 2.75) is 12.8 Å². The summed E-state index contributed by atoms with van der Waals surface area (Å²) in [7, 11) is 0. The molecule has 0 saturated heterocycles. The van der Waals surface area contributed by atoms with Crippen molar-refractivity contribution in [2.75, 3.05) is 0 Å². The van der Waals surface area contributed by atoms with E-state index in [0.29, 0.717) is 0 Å². The predicted molar refractivity (Wildman–Crippen MR) is 323 cm³/mol. The summed E-state index contributed by atoms with van der Waals surface area (Å²) in [6.45, 7) is 0. The lowest BCUT2D eigenvalue weighted by molar-refractivity contribution is 0.990. The molecule has 14 aromatic rings. The number of allylic oxidation sites excluding steroid dienone is 1. The quantitative estimate of drug-likeness (QED) is 0.106. The standard InChI is InChI=1S/C74H50N2/c1-5-21-49(22-6-1)69-41-42-70(50-23-7-2-8-24-50)75(69)55-37-39-63-67(47-55)73(65-45-53-29-13-15-31-57(53)59-33-17-19-35-61(59)65)64-40-38-56(76-71(51-25-9-3-10-26-51)43-44-72(76)52-27-11-4-12-28-52)48-68(64)74(63)66-46-54-30-14-16-32-58(54)60-34-18-20-36-62(60)66/h1-13,15-29,31-48H,14,30H2. The molecule has 356 valence electrons. The summed E-state index contributed by atoms with van der Waals surface area (Å²) in [6, 6.07) is 99.2. The summed E-state index contributed by atoms with van der Waals surface area (Å²) in [6.07, 6.45) is 6.72. The van der Waals surface area contributed by atoms with E-state index in [1.165, 1.54) is 109 Å². The lowest BCUT2D eigenvalue weighted by atomic mass is 9.81. The Morgan fingerprint density at radius 1 is 0.276 bits per heavy atom. The van der Waals surface area contributed by atoms with Crippen LogP contribution in [0.2, 0.25) is 0 Å². The molecule has 15 rings (SSSR count). The Bertz CT molecular complexity index is 4480. The van der Waals surface area contributed by atoms with E-state index < -0.39 is 0 Å². The maximum atomic E-state index is 2.54. The summed E-state index contributed by atoms with van der Waals surface area (Å²) in [5.41, 5.74) is 19.2. The van der Waals surface area contributed by atoms with Gasteiger partial charge in [0.1, 0.15) is 0 Å². The molecule has 0 atom stereocenters. The Labute approximate surface area is 442 Å². The highest BCUT2D eigenvalue weighted by Gasteiger charge is 2.25. The minimum Gasteiger partial charge on any atom is -0.309 e. The maximum Gasteiger partial charge on any atom is 0.0535 e. The Kier molecular flexibility index (Phi) is 10.4. The topological polar surface area (TPSA) is 9.86 Å². The first-order valence-corrected chi connectivity index (χ1v) is 26.6. The third kappa shape index (κ3) is 7.10. The number of fused-ring (bicyclic) bond motifs is 8. The lowest BCUT2D eigenvalue weighted by Crippen LogP contribution is -2.02. The summed E-state index contributed by atoms with van der Waals surface area (Å²) < 4.78 is 4.95. The van der Waals surface area contributed by atoms with Crippen LogP contribution in [0.5, 0.6) is 0 Å². The molecule has 76 heavy (non-hydrogen) atoms. The number of aryl methyl sites for hydroxylation is 1.